The van der Waals surface area contributed by atoms with Gasteiger partial charge in [-0.1, -0.05) is 36.4 Å². The van der Waals surface area contributed by atoms with E-state index >= 15 is 0 Å². The van der Waals surface area contributed by atoms with E-state index in [9.17, 15) is 0 Å². The molecule has 2 aromatic carbocycles. The fraction of sp³-hybridized carbons (Fsp3) is 0.118. The summed E-state index contributed by atoms with van der Waals surface area (Å²) in [6.45, 7) is 2.91. The summed E-state index contributed by atoms with van der Waals surface area (Å²) in [6.07, 6.45) is 3.94. The van der Waals surface area contributed by atoms with Crippen molar-refractivity contribution < 1.29 is 0 Å². The zero-order valence-electron chi connectivity index (χ0n) is 11.5. The molecule has 0 amide bonds. The Morgan fingerprint density at radius 3 is 2.70 bits per heavy atom. The van der Waals surface area contributed by atoms with Gasteiger partial charge in [-0.15, -0.1) is 0 Å². The average Bonchev–Trinajstić information content (AvgIpc) is 2.90. The lowest BCUT2D eigenvalue weighted by atomic mass is 10.1. The van der Waals surface area contributed by atoms with E-state index in [2.05, 4.69) is 42.5 Å². The van der Waals surface area contributed by atoms with Gasteiger partial charge in [-0.2, -0.15) is 5.10 Å². The Hall–Kier alpha value is -2.55. The maximum Gasteiger partial charge on any atom is 0.0662 e. The van der Waals surface area contributed by atoms with E-state index in [4.69, 9.17) is 5.73 Å². The van der Waals surface area contributed by atoms with E-state index in [1.807, 2.05) is 35.1 Å². The molecule has 0 saturated heterocycles. The molecule has 20 heavy (non-hydrogen) atoms. The van der Waals surface area contributed by atoms with Crippen LogP contribution in [-0.2, 0) is 6.54 Å². The van der Waals surface area contributed by atoms with Gasteiger partial charge >= 0.3 is 0 Å². The highest BCUT2D eigenvalue weighted by molar-refractivity contribution is 5.65. The molecule has 0 aliphatic heterocycles. The lowest BCUT2D eigenvalue weighted by Crippen LogP contribution is -2.01. The Kier molecular flexibility index (Phi) is 3.25. The van der Waals surface area contributed by atoms with Gasteiger partial charge in [0.15, 0.2) is 0 Å². The van der Waals surface area contributed by atoms with Crippen LogP contribution in [0.4, 0.5) is 5.69 Å². The van der Waals surface area contributed by atoms with Gasteiger partial charge in [0.2, 0.25) is 0 Å². The average molecular weight is 263 g/mol. The van der Waals surface area contributed by atoms with Gasteiger partial charge in [-0.3, -0.25) is 4.68 Å². The van der Waals surface area contributed by atoms with Crippen molar-refractivity contribution in [3.63, 3.8) is 0 Å². The van der Waals surface area contributed by atoms with E-state index in [1.165, 1.54) is 11.1 Å². The van der Waals surface area contributed by atoms with E-state index in [0.29, 0.717) is 0 Å². The molecule has 0 aliphatic carbocycles. The molecule has 3 heteroatoms. The number of hydrogen-bond acceptors (Lipinski definition) is 2. The number of benzene rings is 2. The highest BCUT2D eigenvalue weighted by atomic mass is 15.3. The topological polar surface area (TPSA) is 43.8 Å². The first-order valence-electron chi connectivity index (χ1n) is 6.65. The smallest absolute Gasteiger partial charge is 0.0662 e. The molecule has 1 heterocycles. The quantitative estimate of drug-likeness (QED) is 0.735. The van der Waals surface area contributed by atoms with E-state index in [0.717, 1.165) is 23.4 Å². The Morgan fingerprint density at radius 1 is 1.05 bits per heavy atom. The Morgan fingerprint density at radius 2 is 1.90 bits per heavy atom. The van der Waals surface area contributed by atoms with Crippen molar-refractivity contribution in [2.24, 2.45) is 0 Å². The predicted octanol–water partition coefficient (Wildman–Crippen LogP) is 3.49. The van der Waals surface area contributed by atoms with Gasteiger partial charge in [-0.05, 0) is 35.7 Å². The SMILES string of the molecule is Cc1ccccc1Cn1cc(-c2cccc(N)c2)cn1. The Bertz CT molecular complexity index is 728. The molecule has 100 valence electrons. The Balaban J connectivity index is 1.86. The third-order valence-electron chi connectivity index (χ3n) is 3.45. The molecule has 2 N–H and O–H groups in total. The van der Waals surface area contributed by atoms with Crippen molar-refractivity contribution >= 4 is 5.69 Å². The second-order valence-corrected chi connectivity index (χ2v) is 4.98. The van der Waals surface area contributed by atoms with Crippen LogP contribution < -0.4 is 5.73 Å². The molecule has 0 fully saturated rings. The van der Waals surface area contributed by atoms with E-state index in [-0.39, 0.29) is 0 Å². The number of nitrogen functional groups attached to an aromatic ring is 1. The van der Waals surface area contributed by atoms with Crippen LogP contribution in [0.3, 0.4) is 0 Å². The van der Waals surface area contributed by atoms with Crippen LogP contribution in [-0.4, -0.2) is 9.78 Å². The fourth-order valence-corrected chi connectivity index (χ4v) is 2.28. The summed E-state index contributed by atoms with van der Waals surface area (Å²) in [5.74, 6) is 0. The second kappa shape index (κ2) is 5.21. The summed E-state index contributed by atoms with van der Waals surface area (Å²) >= 11 is 0. The number of nitrogens with zero attached hydrogens (tertiary/aromatic N) is 2. The van der Waals surface area contributed by atoms with E-state index in [1.54, 1.807) is 0 Å². The summed E-state index contributed by atoms with van der Waals surface area (Å²) in [4.78, 5) is 0. The molecule has 3 aromatic rings. The lowest BCUT2D eigenvalue weighted by molar-refractivity contribution is 0.684. The molecule has 0 bridgehead atoms. The molecule has 3 rings (SSSR count). The third-order valence-corrected chi connectivity index (χ3v) is 3.45. The standard InChI is InChI=1S/C17H17N3/c1-13-5-2-3-6-15(13)11-20-12-16(10-19-20)14-7-4-8-17(18)9-14/h2-10,12H,11,18H2,1H3. The molecule has 0 atom stereocenters. The van der Waals surface area contributed by atoms with Crippen molar-refractivity contribution in [2.45, 2.75) is 13.5 Å². The molecule has 0 unspecified atom stereocenters. The minimum Gasteiger partial charge on any atom is -0.399 e. The first-order valence-corrected chi connectivity index (χ1v) is 6.65. The van der Waals surface area contributed by atoms with Crippen LogP contribution in [0.1, 0.15) is 11.1 Å². The van der Waals surface area contributed by atoms with Gasteiger partial charge in [0, 0.05) is 17.4 Å². The van der Waals surface area contributed by atoms with Crippen molar-refractivity contribution in [3.8, 4) is 11.1 Å². The largest absolute Gasteiger partial charge is 0.399 e. The summed E-state index contributed by atoms with van der Waals surface area (Å²) in [5.41, 5.74) is 11.4. The van der Waals surface area contributed by atoms with Crippen molar-refractivity contribution in [1.29, 1.82) is 0 Å². The maximum atomic E-state index is 5.82. The van der Waals surface area contributed by atoms with Crippen LogP contribution in [0, 0.1) is 6.92 Å². The van der Waals surface area contributed by atoms with Crippen LogP contribution >= 0.6 is 0 Å². The number of aryl methyl sites for hydroxylation is 1. The minimum absolute atomic E-state index is 0.772. The van der Waals surface area contributed by atoms with Crippen LogP contribution in [0.5, 0.6) is 0 Å². The molecular weight excluding hydrogens is 246 g/mol. The van der Waals surface area contributed by atoms with Gasteiger partial charge in [-0.25, -0.2) is 0 Å². The zero-order valence-corrected chi connectivity index (χ0v) is 11.5. The molecule has 3 nitrogen and oxygen atoms in total. The van der Waals surface area contributed by atoms with E-state index < -0.39 is 0 Å². The number of nitrogens with two attached hydrogens (primary N) is 1. The monoisotopic (exact) mass is 263 g/mol. The summed E-state index contributed by atoms with van der Waals surface area (Å²) in [5, 5.41) is 4.43. The first-order chi connectivity index (χ1) is 9.72. The molecule has 0 radical (unpaired) electrons. The zero-order chi connectivity index (χ0) is 13.9. The molecular formula is C17H17N3. The van der Waals surface area contributed by atoms with Crippen LogP contribution in [0.2, 0.25) is 0 Å². The lowest BCUT2D eigenvalue weighted by Gasteiger charge is -2.05. The van der Waals surface area contributed by atoms with Crippen molar-refractivity contribution in [1.82, 2.24) is 9.78 Å². The first kappa shape index (κ1) is 12.5. The van der Waals surface area contributed by atoms with Crippen LogP contribution in [0.25, 0.3) is 11.1 Å². The predicted molar refractivity (Wildman–Crippen MR) is 82.4 cm³/mol. The molecule has 0 aliphatic rings. The summed E-state index contributed by atoms with van der Waals surface area (Å²) < 4.78 is 1.96. The molecule has 0 saturated carbocycles. The summed E-state index contributed by atoms with van der Waals surface area (Å²) in [6, 6.07) is 16.2. The van der Waals surface area contributed by atoms with Crippen molar-refractivity contribution in [2.75, 3.05) is 5.73 Å². The Labute approximate surface area is 118 Å². The minimum atomic E-state index is 0.772. The number of anilines is 1. The number of aromatic nitrogens is 2. The van der Waals surface area contributed by atoms with Gasteiger partial charge in [0.25, 0.3) is 0 Å². The van der Waals surface area contributed by atoms with Crippen molar-refractivity contribution in [3.05, 3.63) is 72.1 Å². The maximum absolute atomic E-state index is 5.82. The summed E-state index contributed by atoms with van der Waals surface area (Å²) in [7, 11) is 0. The second-order valence-electron chi connectivity index (χ2n) is 4.98. The van der Waals surface area contributed by atoms with Gasteiger partial charge in [0.1, 0.15) is 0 Å². The molecule has 1 aromatic heterocycles. The van der Waals surface area contributed by atoms with Gasteiger partial charge in [0.05, 0.1) is 12.7 Å². The van der Waals surface area contributed by atoms with Crippen LogP contribution in [0.15, 0.2) is 60.9 Å². The number of hydrogen-bond donors (Lipinski definition) is 1. The highest BCUT2D eigenvalue weighted by Crippen LogP contribution is 2.21. The van der Waals surface area contributed by atoms with Gasteiger partial charge < -0.3 is 5.73 Å². The number of rotatable bonds is 3. The molecule has 0 spiro atoms. The third kappa shape index (κ3) is 2.57. The fourth-order valence-electron chi connectivity index (χ4n) is 2.28. The highest BCUT2D eigenvalue weighted by Gasteiger charge is 2.04. The normalized spacial score (nSPS) is 10.7.